The average molecular weight is 346 g/mol. The summed E-state index contributed by atoms with van der Waals surface area (Å²) in [7, 11) is 0. The Labute approximate surface area is 121 Å². The lowest BCUT2D eigenvalue weighted by Crippen LogP contribution is -2.22. The summed E-state index contributed by atoms with van der Waals surface area (Å²) in [5.41, 5.74) is 0. The summed E-state index contributed by atoms with van der Waals surface area (Å²) in [5, 5.41) is 26.9. The molecule has 0 aromatic carbocycles. The van der Waals surface area contributed by atoms with E-state index in [-0.39, 0.29) is 0 Å². The number of halogens is 1. The van der Waals surface area contributed by atoms with Gasteiger partial charge >= 0.3 is 0 Å². The molecule has 8 heteroatoms. The van der Waals surface area contributed by atoms with Crippen molar-refractivity contribution in [1.29, 1.82) is 0 Å². The molecule has 1 aliphatic rings. The second kappa shape index (κ2) is 5.29. The Morgan fingerprint density at radius 2 is 2.05 bits per heavy atom. The molecule has 3 rings (SSSR count). The molecule has 0 saturated carbocycles. The first-order chi connectivity index (χ1) is 9.11. The zero-order valence-corrected chi connectivity index (χ0v) is 12.3. The summed E-state index contributed by atoms with van der Waals surface area (Å²) < 4.78 is 6.59. The van der Waals surface area contributed by atoms with Crippen LogP contribution in [0.15, 0.2) is 20.3 Å². The van der Waals surface area contributed by atoms with Crippen LogP contribution in [0.25, 0.3) is 10.8 Å². The summed E-state index contributed by atoms with van der Waals surface area (Å²) in [6.45, 7) is 1.28. The molecule has 0 unspecified atom stereocenters. The van der Waals surface area contributed by atoms with Gasteiger partial charge in [-0.1, -0.05) is 0 Å². The molecule has 0 aliphatic carbocycles. The first-order valence-corrected chi connectivity index (χ1v) is 7.39. The number of β-amino-alcohol motifs (C(OH)–C–C–N with tert-alkyl or cyclic N) is 2. The Balaban J connectivity index is 1.69. The molecule has 2 N–H and O–H groups in total. The minimum Gasteiger partial charge on any atom is -0.419 e. The van der Waals surface area contributed by atoms with Crippen molar-refractivity contribution in [1.82, 2.24) is 15.1 Å². The number of thiophene rings is 1. The maximum Gasteiger partial charge on any atom is 0.257 e. The van der Waals surface area contributed by atoms with Gasteiger partial charge in [0.1, 0.15) is 0 Å². The van der Waals surface area contributed by atoms with E-state index < -0.39 is 12.2 Å². The van der Waals surface area contributed by atoms with Gasteiger partial charge in [0, 0.05) is 13.1 Å². The number of likely N-dealkylation sites (tertiary alicyclic amines) is 1. The molecule has 2 aromatic heterocycles. The van der Waals surface area contributed by atoms with Crippen LogP contribution in [0.1, 0.15) is 5.89 Å². The van der Waals surface area contributed by atoms with Crippen molar-refractivity contribution in [3.8, 4) is 10.8 Å². The van der Waals surface area contributed by atoms with Gasteiger partial charge in [0.15, 0.2) is 0 Å². The standard InChI is InChI=1S/C11H12BrN3O3S/c12-9-2-1-8(19-9)11-14-13-10(18-11)5-15-3-6(16)7(17)4-15/h1-2,6-7,16-17H,3-5H2/t6-,7+. The Hall–Kier alpha value is -0.800. The van der Waals surface area contributed by atoms with Crippen molar-refractivity contribution in [2.24, 2.45) is 0 Å². The van der Waals surface area contributed by atoms with Crippen LogP contribution in [0.3, 0.4) is 0 Å². The smallest absolute Gasteiger partial charge is 0.257 e. The van der Waals surface area contributed by atoms with Crippen LogP contribution in [-0.2, 0) is 6.54 Å². The fourth-order valence-corrected chi connectivity index (χ4v) is 3.32. The zero-order valence-electron chi connectivity index (χ0n) is 9.86. The second-order valence-electron chi connectivity index (χ2n) is 4.43. The average Bonchev–Trinajstić information content (AvgIpc) is 3.03. The highest BCUT2D eigenvalue weighted by atomic mass is 79.9. The highest BCUT2D eigenvalue weighted by Crippen LogP contribution is 2.30. The molecule has 0 spiro atoms. The zero-order chi connectivity index (χ0) is 13.4. The molecule has 3 heterocycles. The monoisotopic (exact) mass is 345 g/mol. The number of aliphatic hydroxyl groups excluding tert-OH is 2. The molecule has 2 aromatic rings. The summed E-state index contributed by atoms with van der Waals surface area (Å²) in [5.74, 6) is 0.979. The molecule has 19 heavy (non-hydrogen) atoms. The van der Waals surface area contributed by atoms with Crippen LogP contribution in [0.2, 0.25) is 0 Å². The lowest BCUT2D eigenvalue weighted by molar-refractivity contribution is 0.0572. The maximum absolute atomic E-state index is 9.47. The number of hydrogen-bond acceptors (Lipinski definition) is 7. The van der Waals surface area contributed by atoms with Gasteiger partial charge in [-0.05, 0) is 28.1 Å². The van der Waals surface area contributed by atoms with Gasteiger partial charge in [0.25, 0.3) is 5.89 Å². The van der Waals surface area contributed by atoms with E-state index in [1.54, 1.807) is 0 Å². The predicted molar refractivity (Wildman–Crippen MR) is 72.6 cm³/mol. The largest absolute Gasteiger partial charge is 0.419 e. The van der Waals surface area contributed by atoms with Gasteiger partial charge in [0.05, 0.1) is 27.4 Å². The van der Waals surface area contributed by atoms with Gasteiger partial charge in [-0.3, -0.25) is 4.90 Å². The van der Waals surface area contributed by atoms with E-state index >= 15 is 0 Å². The molecule has 2 atom stereocenters. The van der Waals surface area contributed by atoms with Crippen LogP contribution in [-0.4, -0.2) is 50.6 Å². The minimum absolute atomic E-state index is 0.420. The Bertz CT molecular complexity index is 563. The molecule has 0 bridgehead atoms. The van der Waals surface area contributed by atoms with E-state index in [9.17, 15) is 10.2 Å². The third-order valence-electron chi connectivity index (χ3n) is 2.94. The SMILES string of the molecule is O[C@@H]1CN(Cc2nnc(-c3ccc(Br)s3)o2)C[C@@H]1O. The van der Waals surface area contributed by atoms with E-state index in [0.717, 1.165) is 8.66 Å². The third-order valence-corrected chi connectivity index (χ3v) is 4.56. The first-order valence-electron chi connectivity index (χ1n) is 5.78. The lowest BCUT2D eigenvalue weighted by Gasteiger charge is -2.10. The number of aromatic nitrogens is 2. The Morgan fingerprint density at radius 1 is 1.32 bits per heavy atom. The van der Waals surface area contributed by atoms with Gasteiger partial charge in [-0.2, -0.15) is 0 Å². The van der Waals surface area contributed by atoms with Gasteiger partial charge < -0.3 is 14.6 Å². The highest BCUT2D eigenvalue weighted by Gasteiger charge is 2.30. The van der Waals surface area contributed by atoms with Gasteiger partial charge in [-0.25, -0.2) is 0 Å². The van der Waals surface area contributed by atoms with E-state index in [1.165, 1.54) is 11.3 Å². The van der Waals surface area contributed by atoms with Crippen LogP contribution >= 0.6 is 27.3 Å². The van der Waals surface area contributed by atoms with E-state index in [2.05, 4.69) is 26.1 Å². The van der Waals surface area contributed by atoms with Gasteiger partial charge in [-0.15, -0.1) is 21.5 Å². The lowest BCUT2D eigenvalue weighted by atomic mass is 10.3. The number of aliphatic hydroxyl groups is 2. The molecule has 0 radical (unpaired) electrons. The number of hydrogen-bond donors (Lipinski definition) is 2. The Kier molecular flexibility index (Phi) is 3.68. The quantitative estimate of drug-likeness (QED) is 0.866. The number of nitrogens with zero attached hydrogens (tertiary/aromatic N) is 3. The van der Waals surface area contributed by atoms with E-state index in [0.29, 0.717) is 31.4 Å². The van der Waals surface area contributed by atoms with Crippen molar-refractivity contribution in [3.05, 3.63) is 21.8 Å². The van der Waals surface area contributed by atoms with Crippen molar-refractivity contribution in [3.63, 3.8) is 0 Å². The topological polar surface area (TPSA) is 82.6 Å². The summed E-state index contributed by atoms with van der Waals surface area (Å²) in [6.07, 6.45) is -1.40. The fraction of sp³-hybridized carbons (Fsp3) is 0.455. The molecule has 102 valence electrons. The molecular formula is C11H12BrN3O3S. The van der Waals surface area contributed by atoms with Crippen molar-refractivity contribution < 1.29 is 14.6 Å². The molecular weight excluding hydrogens is 334 g/mol. The van der Waals surface area contributed by atoms with E-state index in [1.807, 2.05) is 17.0 Å². The van der Waals surface area contributed by atoms with Crippen molar-refractivity contribution >= 4 is 27.3 Å². The fourth-order valence-electron chi connectivity index (χ4n) is 2.01. The van der Waals surface area contributed by atoms with Crippen LogP contribution < -0.4 is 0 Å². The first kappa shape index (κ1) is 13.2. The summed E-state index contributed by atoms with van der Waals surface area (Å²) in [6, 6.07) is 3.84. The van der Waals surface area contributed by atoms with Crippen LogP contribution in [0.4, 0.5) is 0 Å². The molecule has 6 nitrogen and oxygen atoms in total. The Morgan fingerprint density at radius 3 is 2.68 bits per heavy atom. The predicted octanol–water partition coefficient (Wildman–Crippen LogP) is 1.10. The van der Waals surface area contributed by atoms with Crippen molar-refractivity contribution in [2.75, 3.05) is 13.1 Å². The molecule has 0 amide bonds. The molecule has 1 fully saturated rings. The van der Waals surface area contributed by atoms with Crippen LogP contribution in [0.5, 0.6) is 0 Å². The molecule has 1 aliphatic heterocycles. The molecule has 1 saturated heterocycles. The highest BCUT2D eigenvalue weighted by molar-refractivity contribution is 9.11. The third kappa shape index (κ3) is 2.87. The second-order valence-corrected chi connectivity index (χ2v) is 6.90. The normalized spacial score (nSPS) is 24.2. The number of rotatable bonds is 3. The van der Waals surface area contributed by atoms with Gasteiger partial charge in [0.2, 0.25) is 5.89 Å². The minimum atomic E-state index is -0.698. The maximum atomic E-state index is 9.47. The van der Waals surface area contributed by atoms with Crippen molar-refractivity contribution in [2.45, 2.75) is 18.8 Å². The summed E-state index contributed by atoms with van der Waals surface area (Å²) in [4.78, 5) is 2.80. The van der Waals surface area contributed by atoms with E-state index in [4.69, 9.17) is 4.42 Å². The van der Waals surface area contributed by atoms with Crippen LogP contribution in [0, 0.1) is 0 Å². The summed E-state index contributed by atoms with van der Waals surface area (Å²) >= 11 is 4.91.